The van der Waals surface area contributed by atoms with Gasteiger partial charge in [-0.15, -0.1) is 0 Å². The molecule has 0 fully saturated rings. The zero-order valence-corrected chi connectivity index (χ0v) is 13.1. The number of rotatable bonds is 3. The summed E-state index contributed by atoms with van der Waals surface area (Å²) in [4.78, 5) is 11.9. The van der Waals surface area contributed by atoms with Gasteiger partial charge in [0.15, 0.2) is 0 Å². The molecule has 0 aliphatic heterocycles. The predicted molar refractivity (Wildman–Crippen MR) is 85.3 cm³/mol. The van der Waals surface area contributed by atoms with Gasteiger partial charge in [-0.05, 0) is 49.8 Å². The van der Waals surface area contributed by atoms with Crippen molar-refractivity contribution in [1.82, 2.24) is 0 Å². The molecule has 0 aromatic heterocycles. The fraction of sp³-hybridized carbons (Fsp3) is 0.316. The van der Waals surface area contributed by atoms with Crippen LogP contribution >= 0.6 is 0 Å². The van der Waals surface area contributed by atoms with Crippen LogP contribution in [0.4, 0.5) is 4.39 Å². The third kappa shape index (κ3) is 2.21. The van der Waals surface area contributed by atoms with Crippen LogP contribution in [0.3, 0.4) is 0 Å². The lowest BCUT2D eigenvalue weighted by molar-refractivity contribution is -0.153. The number of carbonyl (C=O) groups is 1. The van der Waals surface area contributed by atoms with Crippen LogP contribution in [-0.4, -0.2) is 11.6 Å². The first-order chi connectivity index (χ1) is 10.3. The van der Waals surface area contributed by atoms with Gasteiger partial charge in [0.1, 0.15) is 11.4 Å². The molecule has 3 heteroatoms. The smallest absolute Gasteiger partial charge is 0.333 e. The Hall–Kier alpha value is -2.16. The summed E-state index contributed by atoms with van der Waals surface area (Å²) in [5.74, 6) is -0.589. The van der Waals surface area contributed by atoms with E-state index in [0.29, 0.717) is 11.0 Å². The molecule has 1 aliphatic rings. The average molecular weight is 298 g/mol. The van der Waals surface area contributed by atoms with Crippen LogP contribution in [0.1, 0.15) is 37.8 Å². The number of halogens is 1. The van der Waals surface area contributed by atoms with E-state index in [1.54, 1.807) is 13.0 Å². The molecule has 0 amide bonds. The van der Waals surface area contributed by atoms with E-state index in [0.717, 1.165) is 22.9 Å². The highest BCUT2D eigenvalue weighted by molar-refractivity contribution is 5.92. The molecular weight excluding hydrogens is 279 g/mol. The fourth-order valence-corrected chi connectivity index (χ4v) is 3.28. The largest absolute Gasteiger partial charge is 0.456 e. The molecule has 114 valence electrons. The van der Waals surface area contributed by atoms with Crippen LogP contribution in [0.15, 0.2) is 42.5 Å². The Balaban J connectivity index is 2.06. The van der Waals surface area contributed by atoms with Gasteiger partial charge < -0.3 is 4.74 Å². The van der Waals surface area contributed by atoms with E-state index in [2.05, 4.69) is 6.58 Å². The third-order valence-electron chi connectivity index (χ3n) is 4.45. The summed E-state index contributed by atoms with van der Waals surface area (Å²) in [7, 11) is 0. The Morgan fingerprint density at radius 3 is 2.73 bits per heavy atom. The number of ether oxygens (including phenoxy) is 1. The maximum Gasteiger partial charge on any atom is 0.333 e. The van der Waals surface area contributed by atoms with Crippen molar-refractivity contribution in [3.05, 3.63) is 59.4 Å². The normalized spacial score (nSPS) is 16.8. The van der Waals surface area contributed by atoms with Gasteiger partial charge >= 0.3 is 5.97 Å². The van der Waals surface area contributed by atoms with Gasteiger partial charge in [0.2, 0.25) is 0 Å². The summed E-state index contributed by atoms with van der Waals surface area (Å²) >= 11 is 0. The zero-order valence-electron chi connectivity index (χ0n) is 13.1. The van der Waals surface area contributed by atoms with Crippen molar-refractivity contribution in [2.45, 2.75) is 38.7 Å². The lowest BCUT2D eigenvalue weighted by atomic mass is 9.85. The Morgan fingerprint density at radius 2 is 2.05 bits per heavy atom. The van der Waals surface area contributed by atoms with Crippen molar-refractivity contribution >= 4 is 16.7 Å². The second kappa shape index (κ2) is 4.94. The van der Waals surface area contributed by atoms with E-state index in [-0.39, 0.29) is 17.7 Å². The number of esters is 1. The average Bonchev–Trinajstić information content (AvgIpc) is 2.83. The Bertz CT molecular complexity index is 789. The molecule has 0 spiro atoms. The summed E-state index contributed by atoms with van der Waals surface area (Å²) in [6.07, 6.45) is 0.743. The number of benzene rings is 2. The molecule has 0 N–H and O–H groups in total. The molecule has 1 atom stereocenters. The summed E-state index contributed by atoms with van der Waals surface area (Å²) in [6.45, 7) is 9.07. The van der Waals surface area contributed by atoms with Crippen molar-refractivity contribution in [3.63, 3.8) is 0 Å². The van der Waals surface area contributed by atoms with Crippen molar-refractivity contribution < 1.29 is 13.9 Å². The Kier molecular flexibility index (Phi) is 3.32. The molecule has 2 aromatic carbocycles. The van der Waals surface area contributed by atoms with Crippen molar-refractivity contribution in [1.29, 1.82) is 0 Å². The summed E-state index contributed by atoms with van der Waals surface area (Å²) in [6, 6.07) is 9.00. The number of carbonyl (C=O) groups excluding carboxylic acids is 1. The van der Waals surface area contributed by atoms with Crippen LogP contribution in [0.5, 0.6) is 0 Å². The highest BCUT2D eigenvalue weighted by Crippen LogP contribution is 2.45. The highest BCUT2D eigenvalue weighted by atomic mass is 19.1. The Labute approximate surface area is 129 Å². The summed E-state index contributed by atoms with van der Waals surface area (Å²) in [5, 5.41) is 1.60. The SMILES string of the molecule is C=C(C)C(=O)OC(C)(C)C1Cc2cccc3c(F)ccc1c23. The van der Waals surface area contributed by atoms with Gasteiger partial charge in [-0.2, -0.15) is 0 Å². The number of hydrogen-bond acceptors (Lipinski definition) is 2. The van der Waals surface area contributed by atoms with E-state index in [1.807, 2.05) is 32.0 Å². The van der Waals surface area contributed by atoms with Crippen LogP contribution < -0.4 is 0 Å². The van der Waals surface area contributed by atoms with Gasteiger partial charge in [-0.25, -0.2) is 9.18 Å². The van der Waals surface area contributed by atoms with E-state index in [9.17, 15) is 9.18 Å². The van der Waals surface area contributed by atoms with Gasteiger partial charge in [0.25, 0.3) is 0 Å². The van der Waals surface area contributed by atoms with E-state index >= 15 is 0 Å². The standard InChI is InChI=1S/C19H19FO2/c1-11(2)18(21)22-19(3,4)15-10-12-6-5-7-14-16(20)9-8-13(15)17(12)14/h5-9,15H,1,10H2,2-4H3. The topological polar surface area (TPSA) is 26.3 Å². The second-order valence-corrected chi connectivity index (χ2v) is 6.51. The zero-order chi connectivity index (χ0) is 16.1. The first-order valence-electron chi connectivity index (χ1n) is 7.40. The molecule has 2 aromatic rings. The lowest BCUT2D eigenvalue weighted by Gasteiger charge is -2.32. The third-order valence-corrected chi connectivity index (χ3v) is 4.45. The summed E-state index contributed by atoms with van der Waals surface area (Å²) < 4.78 is 19.7. The quantitative estimate of drug-likeness (QED) is 0.615. The van der Waals surface area contributed by atoms with Gasteiger partial charge in [0.05, 0.1) is 0 Å². The number of hydrogen-bond donors (Lipinski definition) is 0. The maximum absolute atomic E-state index is 14.0. The molecule has 0 radical (unpaired) electrons. The van der Waals surface area contributed by atoms with Crippen molar-refractivity contribution in [3.8, 4) is 0 Å². The molecule has 2 nitrogen and oxygen atoms in total. The van der Waals surface area contributed by atoms with Crippen LogP contribution in [0.25, 0.3) is 10.8 Å². The first-order valence-corrected chi connectivity index (χ1v) is 7.40. The van der Waals surface area contributed by atoms with Crippen LogP contribution in [0.2, 0.25) is 0 Å². The first kappa shape index (κ1) is 14.8. The van der Waals surface area contributed by atoms with Crippen molar-refractivity contribution in [2.75, 3.05) is 0 Å². The minimum absolute atomic E-state index is 0.0105. The summed E-state index contributed by atoms with van der Waals surface area (Å²) in [5.41, 5.74) is 1.86. The second-order valence-electron chi connectivity index (χ2n) is 6.51. The van der Waals surface area contributed by atoms with Crippen LogP contribution in [-0.2, 0) is 16.0 Å². The molecule has 0 saturated carbocycles. The van der Waals surface area contributed by atoms with E-state index in [1.165, 1.54) is 6.07 Å². The van der Waals surface area contributed by atoms with Crippen molar-refractivity contribution in [2.24, 2.45) is 0 Å². The molecule has 1 unspecified atom stereocenters. The molecule has 22 heavy (non-hydrogen) atoms. The Morgan fingerprint density at radius 1 is 1.32 bits per heavy atom. The van der Waals surface area contributed by atoms with Gasteiger partial charge in [-0.1, -0.05) is 30.8 Å². The molecule has 0 heterocycles. The van der Waals surface area contributed by atoms with E-state index < -0.39 is 5.60 Å². The minimum atomic E-state index is -0.681. The predicted octanol–water partition coefficient (Wildman–Crippen LogP) is 4.52. The molecule has 3 rings (SSSR count). The van der Waals surface area contributed by atoms with E-state index in [4.69, 9.17) is 4.74 Å². The highest BCUT2D eigenvalue weighted by Gasteiger charge is 2.39. The minimum Gasteiger partial charge on any atom is -0.456 e. The molecule has 0 saturated heterocycles. The molecule has 0 bridgehead atoms. The molecule has 1 aliphatic carbocycles. The maximum atomic E-state index is 14.0. The van der Waals surface area contributed by atoms with Gasteiger partial charge in [-0.3, -0.25) is 0 Å². The monoisotopic (exact) mass is 298 g/mol. The lowest BCUT2D eigenvalue weighted by Crippen LogP contribution is -2.35. The van der Waals surface area contributed by atoms with Gasteiger partial charge in [0, 0.05) is 16.9 Å². The molecular formula is C19H19FO2. The van der Waals surface area contributed by atoms with Crippen LogP contribution in [0, 0.1) is 5.82 Å². The fourth-order valence-electron chi connectivity index (χ4n) is 3.28.